The third kappa shape index (κ3) is 9.48. The Bertz CT molecular complexity index is 355. The zero-order valence-electron chi connectivity index (χ0n) is 17.5. The van der Waals surface area contributed by atoms with Crippen LogP contribution in [0.1, 0.15) is 0 Å². The normalized spacial score (nSPS) is 18.2. The minimum absolute atomic E-state index is 0.790. The van der Waals surface area contributed by atoms with E-state index in [-0.39, 0.29) is 0 Å². The van der Waals surface area contributed by atoms with Crippen molar-refractivity contribution in [2.45, 2.75) is 89.6 Å². The van der Waals surface area contributed by atoms with Crippen LogP contribution in [0.15, 0.2) is 23.6 Å². The first-order chi connectivity index (χ1) is 9.43. The van der Waals surface area contributed by atoms with E-state index in [9.17, 15) is 0 Å². The summed E-state index contributed by atoms with van der Waals surface area (Å²) in [5.74, 6) is 0. The van der Waals surface area contributed by atoms with Gasteiger partial charge in [-0.25, -0.2) is 0 Å². The van der Waals surface area contributed by atoms with E-state index in [1.54, 1.807) is 0 Å². The number of allylic oxidation sites excluding steroid dienone is 2. The van der Waals surface area contributed by atoms with E-state index in [1.165, 1.54) is 0 Å². The summed E-state index contributed by atoms with van der Waals surface area (Å²) < 4.78 is 0. The summed E-state index contributed by atoms with van der Waals surface area (Å²) in [7, 11) is -4.69. The van der Waals surface area contributed by atoms with Gasteiger partial charge in [0.05, 0.1) is 32.3 Å². The van der Waals surface area contributed by atoms with E-state index in [4.69, 9.17) is 0 Å². The molecule has 0 nitrogen and oxygen atoms in total. The minimum atomic E-state index is -1.22. The van der Waals surface area contributed by atoms with Gasteiger partial charge in [0.25, 0.3) is 0 Å². The number of rotatable bonds is 7. The molecule has 0 heterocycles. The molecule has 0 aromatic rings. The lowest BCUT2D eigenvalue weighted by Gasteiger charge is -2.40. The molecule has 0 unspecified atom stereocenters. The molecule has 0 aliphatic heterocycles. The molecule has 0 saturated carbocycles. The van der Waals surface area contributed by atoms with Crippen molar-refractivity contribution in [1.82, 2.24) is 0 Å². The number of hydrogen-bond acceptors (Lipinski definition) is 0. The van der Waals surface area contributed by atoms with Crippen LogP contribution in [-0.2, 0) is 0 Å². The van der Waals surface area contributed by atoms with Crippen molar-refractivity contribution in [2.75, 3.05) is 0 Å². The lowest BCUT2D eigenvalue weighted by Crippen LogP contribution is -2.39. The monoisotopic (exact) mass is 370 g/mol. The van der Waals surface area contributed by atoms with Crippen molar-refractivity contribution in [3.8, 4) is 0 Å². The summed E-state index contributed by atoms with van der Waals surface area (Å²) in [4.78, 5) is 0. The van der Waals surface area contributed by atoms with Crippen LogP contribution >= 0.6 is 0 Å². The highest BCUT2D eigenvalue weighted by molar-refractivity contribution is 6.85. The Labute approximate surface area is 145 Å². The first kappa shape index (κ1) is 22.3. The molecule has 0 amide bonds. The summed E-state index contributed by atoms with van der Waals surface area (Å²) in [5.41, 5.74) is 6.79. The van der Waals surface area contributed by atoms with Crippen LogP contribution in [0.25, 0.3) is 0 Å². The van der Waals surface area contributed by atoms with Gasteiger partial charge in [-0.15, -0.1) is 0 Å². The molecule has 0 fully saturated rings. The molecule has 0 aromatic heterocycles. The molecule has 130 valence electrons. The van der Waals surface area contributed by atoms with Gasteiger partial charge in [0.15, 0.2) is 0 Å². The molecule has 0 rings (SSSR count). The lowest BCUT2D eigenvalue weighted by molar-refractivity contribution is 0.945. The smallest absolute Gasteiger partial charge is 0.0682 e. The molecule has 2 atom stereocenters. The fourth-order valence-electron chi connectivity index (χ4n) is 2.68. The van der Waals surface area contributed by atoms with Crippen LogP contribution in [-0.4, -0.2) is 32.3 Å². The quantitative estimate of drug-likeness (QED) is 0.413. The summed E-state index contributed by atoms with van der Waals surface area (Å²) in [6.07, 6.45) is 5.30. The van der Waals surface area contributed by atoms with Crippen LogP contribution in [0.5, 0.6) is 0 Å². The molecule has 0 bridgehead atoms. The van der Waals surface area contributed by atoms with Crippen LogP contribution in [0, 0.1) is 0 Å². The van der Waals surface area contributed by atoms with Gasteiger partial charge in [-0.1, -0.05) is 102 Å². The maximum Gasteiger partial charge on any atom is 0.0682 e. The Kier molecular flexibility index (Phi) is 7.61. The highest BCUT2D eigenvalue weighted by Crippen LogP contribution is 2.43. The molecule has 0 spiro atoms. The molecule has 0 N–H and O–H groups in total. The van der Waals surface area contributed by atoms with Gasteiger partial charge in [0.1, 0.15) is 0 Å². The first-order valence-corrected chi connectivity index (χ1v) is 23.1. The molecular formula is C18H42Si4. The van der Waals surface area contributed by atoms with Gasteiger partial charge < -0.3 is 0 Å². The van der Waals surface area contributed by atoms with E-state index < -0.39 is 32.3 Å². The predicted octanol–water partition coefficient (Wildman–Crippen LogP) is 7.27. The van der Waals surface area contributed by atoms with Gasteiger partial charge in [-0.3, -0.25) is 0 Å². The van der Waals surface area contributed by atoms with Crippen molar-refractivity contribution < 1.29 is 0 Å². The minimum Gasteiger partial charge on any atom is -0.0989 e. The third-order valence-electron chi connectivity index (χ3n) is 3.99. The summed E-state index contributed by atoms with van der Waals surface area (Å²) >= 11 is 0. The van der Waals surface area contributed by atoms with Gasteiger partial charge in [-0.2, -0.15) is 0 Å². The van der Waals surface area contributed by atoms with E-state index in [2.05, 4.69) is 102 Å². The largest absolute Gasteiger partial charge is 0.0989 e. The number of hydrogen-bond donors (Lipinski definition) is 0. The first-order valence-electron chi connectivity index (χ1n) is 8.82. The molecule has 0 radical (unpaired) electrons. The van der Waals surface area contributed by atoms with Crippen molar-refractivity contribution >= 4 is 32.3 Å². The van der Waals surface area contributed by atoms with Crippen LogP contribution in [0.2, 0.25) is 89.6 Å². The zero-order valence-corrected chi connectivity index (χ0v) is 21.5. The van der Waals surface area contributed by atoms with Crippen LogP contribution in [0.3, 0.4) is 0 Å². The van der Waals surface area contributed by atoms with E-state index in [1.807, 2.05) is 0 Å². The summed E-state index contributed by atoms with van der Waals surface area (Å²) in [5, 5.41) is 0. The highest BCUT2D eigenvalue weighted by atomic mass is 28.3. The Morgan fingerprint density at radius 1 is 0.455 bits per heavy atom. The molecule has 0 saturated heterocycles. The van der Waals surface area contributed by atoms with Crippen molar-refractivity contribution in [1.29, 1.82) is 0 Å². The summed E-state index contributed by atoms with van der Waals surface area (Å²) in [6.45, 7) is 30.0. The average molecular weight is 371 g/mol. The second-order valence-electron chi connectivity index (χ2n) is 11.2. The van der Waals surface area contributed by atoms with Gasteiger partial charge >= 0.3 is 0 Å². The fourth-order valence-corrected chi connectivity index (χ4v) is 11.4. The second-order valence-corrected chi connectivity index (χ2v) is 32.2. The molecular weight excluding hydrogens is 329 g/mol. The van der Waals surface area contributed by atoms with E-state index >= 15 is 0 Å². The highest BCUT2D eigenvalue weighted by Gasteiger charge is 2.38. The van der Waals surface area contributed by atoms with Crippen LogP contribution in [0.4, 0.5) is 0 Å². The van der Waals surface area contributed by atoms with E-state index in [0.29, 0.717) is 0 Å². The van der Waals surface area contributed by atoms with Crippen molar-refractivity contribution in [3.05, 3.63) is 23.6 Å². The topological polar surface area (TPSA) is 0 Å². The van der Waals surface area contributed by atoms with Crippen molar-refractivity contribution in [3.63, 3.8) is 0 Å². The Balaban J connectivity index is 5.79. The maximum atomic E-state index is 2.65. The summed E-state index contributed by atoms with van der Waals surface area (Å²) in [6, 6.07) is 0. The maximum absolute atomic E-state index is 2.65. The molecule has 4 heteroatoms. The third-order valence-corrected chi connectivity index (χ3v) is 11.8. The molecule has 0 aliphatic carbocycles. The molecule has 0 aromatic carbocycles. The Morgan fingerprint density at radius 2 is 0.682 bits per heavy atom. The Hall–Kier alpha value is 0.348. The van der Waals surface area contributed by atoms with Gasteiger partial charge in [-0.05, 0) is 11.1 Å². The molecule has 22 heavy (non-hydrogen) atoms. The second kappa shape index (κ2) is 7.49. The van der Waals surface area contributed by atoms with Gasteiger partial charge in [0, 0.05) is 0 Å². The Morgan fingerprint density at radius 3 is 0.818 bits per heavy atom. The lowest BCUT2D eigenvalue weighted by atomic mass is 10.3. The predicted molar refractivity (Wildman–Crippen MR) is 119 cm³/mol. The van der Waals surface area contributed by atoms with Gasteiger partial charge in [0.2, 0.25) is 0 Å². The average Bonchev–Trinajstić information content (AvgIpc) is 2.15. The SMILES string of the molecule is C[Si](C)(C)/C=C/[C@H]([C@@H](/C=C/[Si](C)(C)C)[Si](C)(C)C)[Si](C)(C)C. The zero-order chi connectivity index (χ0) is 18.0. The fraction of sp³-hybridized carbons (Fsp3) is 0.778. The van der Waals surface area contributed by atoms with Crippen LogP contribution < -0.4 is 0 Å². The van der Waals surface area contributed by atoms with Crippen molar-refractivity contribution in [2.24, 2.45) is 0 Å². The molecule has 0 aliphatic rings. The van der Waals surface area contributed by atoms with E-state index in [0.717, 1.165) is 11.1 Å². The standard InChI is InChI=1S/C18H42Si4/c1-19(2,3)15-13-17(21(7,8)9)18(22(10,11)12)14-16-20(4,5)6/h13-18H,1-12H3/b15-13+,16-14+/t17-,18-/m1/s1.